The van der Waals surface area contributed by atoms with Crippen LogP contribution in [-0.4, -0.2) is 41.9 Å². The van der Waals surface area contributed by atoms with Gasteiger partial charge in [0.05, 0.1) is 23.8 Å². The Labute approximate surface area is 213 Å². The number of methoxy groups -OCH3 is 1. The molecular weight excluding hydrogens is 483 g/mol. The SMILES string of the molecule is COc1cc(C)c(C)cc1C(=O)Nc1ccc(C2CCN(C(=O)c3cncc(C(F)(F)F)c3)CC2)cc1. The number of amides is 2. The maximum absolute atomic E-state index is 13.0. The van der Waals surface area contributed by atoms with Crippen LogP contribution in [-0.2, 0) is 6.18 Å². The van der Waals surface area contributed by atoms with Crippen molar-refractivity contribution in [2.24, 2.45) is 0 Å². The fourth-order valence-corrected chi connectivity index (χ4v) is 4.48. The maximum Gasteiger partial charge on any atom is 0.417 e. The highest BCUT2D eigenvalue weighted by Crippen LogP contribution is 2.32. The van der Waals surface area contributed by atoms with Gasteiger partial charge in [0, 0.05) is 31.2 Å². The molecule has 4 rings (SSSR count). The molecule has 0 saturated carbocycles. The molecule has 37 heavy (non-hydrogen) atoms. The van der Waals surface area contributed by atoms with Gasteiger partial charge < -0.3 is 15.0 Å². The first-order chi connectivity index (χ1) is 17.6. The fraction of sp³-hybridized carbons (Fsp3) is 0.321. The van der Waals surface area contributed by atoms with Gasteiger partial charge in [-0.25, -0.2) is 0 Å². The number of piperidine rings is 1. The molecule has 0 radical (unpaired) electrons. The van der Waals surface area contributed by atoms with E-state index in [9.17, 15) is 22.8 Å². The summed E-state index contributed by atoms with van der Waals surface area (Å²) in [7, 11) is 1.53. The Hall–Kier alpha value is -3.88. The van der Waals surface area contributed by atoms with E-state index in [1.54, 1.807) is 4.90 Å². The van der Waals surface area contributed by atoms with Gasteiger partial charge in [-0.15, -0.1) is 0 Å². The number of nitrogens with one attached hydrogen (secondary N) is 1. The summed E-state index contributed by atoms with van der Waals surface area (Å²) in [4.78, 5) is 30.7. The lowest BCUT2D eigenvalue weighted by molar-refractivity contribution is -0.137. The third-order valence-corrected chi connectivity index (χ3v) is 6.80. The zero-order valence-corrected chi connectivity index (χ0v) is 20.9. The molecule has 1 aliphatic rings. The first kappa shape index (κ1) is 26.2. The van der Waals surface area contributed by atoms with Crippen molar-refractivity contribution < 1.29 is 27.5 Å². The van der Waals surface area contributed by atoms with Crippen molar-refractivity contribution in [1.82, 2.24) is 9.88 Å². The summed E-state index contributed by atoms with van der Waals surface area (Å²) < 4.78 is 44.3. The van der Waals surface area contributed by atoms with Crippen LogP contribution in [0.25, 0.3) is 0 Å². The molecule has 2 heterocycles. The number of ether oxygens (including phenoxy) is 1. The van der Waals surface area contributed by atoms with E-state index in [2.05, 4.69) is 10.3 Å². The molecule has 1 saturated heterocycles. The molecule has 0 bridgehead atoms. The smallest absolute Gasteiger partial charge is 0.417 e. The lowest BCUT2D eigenvalue weighted by Gasteiger charge is -2.32. The summed E-state index contributed by atoms with van der Waals surface area (Å²) in [6, 6.07) is 12.1. The molecule has 0 aliphatic carbocycles. The topological polar surface area (TPSA) is 71.5 Å². The number of halogens is 3. The van der Waals surface area contributed by atoms with Crippen LogP contribution in [0.4, 0.5) is 18.9 Å². The summed E-state index contributed by atoms with van der Waals surface area (Å²) >= 11 is 0. The van der Waals surface area contributed by atoms with Crippen molar-refractivity contribution in [2.75, 3.05) is 25.5 Å². The van der Waals surface area contributed by atoms with Crippen molar-refractivity contribution in [3.8, 4) is 5.75 Å². The van der Waals surface area contributed by atoms with Gasteiger partial charge in [0.1, 0.15) is 5.75 Å². The van der Waals surface area contributed by atoms with Gasteiger partial charge in [0.2, 0.25) is 0 Å². The second-order valence-electron chi connectivity index (χ2n) is 9.24. The summed E-state index contributed by atoms with van der Waals surface area (Å²) in [6.45, 7) is 4.77. The molecule has 0 atom stereocenters. The Morgan fingerprint density at radius 1 is 1.00 bits per heavy atom. The van der Waals surface area contributed by atoms with Crippen LogP contribution in [0, 0.1) is 13.8 Å². The lowest BCUT2D eigenvalue weighted by atomic mass is 9.89. The third kappa shape index (κ3) is 5.93. The van der Waals surface area contributed by atoms with E-state index in [0.717, 1.165) is 22.8 Å². The highest BCUT2D eigenvalue weighted by atomic mass is 19.4. The molecule has 1 aromatic heterocycles. The van der Waals surface area contributed by atoms with Crippen LogP contribution < -0.4 is 10.1 Å². The minimum atomic E-state index is -4.55. The first-order valence-electron chi connectivity index (χ1n) is 11.9. The Morgan fingerprint density at radius 2 is 1.65 bits per heavy atom. The van der Waals surface area contributed by atoms with E-state index in [-0.39, 0.29) is 17.4 Å². The second kappa shape index (κ2) is 10.6. The Morgan fingerprint density at radius 3 is 2.27 bits per heavy atom. The van der Waals surface area contributed by atoms with E-state index in [1.807, 2.05) is 50.2 Å². The number of likely N-dealkylation sites (tertiary alicyclic amines) is 1. The van der Waals surface area contributed by atoms with E-state index >= 15 is 0 Å². The minimum Gasteiger partial charge on any atom is -0.496 e. The van der Waals surface area contributed by atoms with Crippen molar-refractivity contribution in [3.63, 3.8) is 0 Å². The third-order valence-electron chi connectivity index (χ3n) is 6.80. The van der Waals surface area contributed by atoms with Crippen LogP contribution in [0.5, 0.6) is 5.75 Å². The van der Waals surface area contributed by atoms with Gasteiger partial charge in [0.25, 0.3) is 11.8 Å². The predicted octanol–water partition coefficient (Wildman–Crippen LogP) is 6.00. The molecule has 6 nitrogen and oxygen atoms in total. The number of hydrogen-bond donors (Lipinski definition) is 1. The van der Waals surface area contributed by atoms with E-state index < -0.39 is 17.6 Å². The van der Waals surface area contributed by atoms with Gasteiger partial charge in [-0.2, -0.15) is 13.2 Å². The standard InChI is InChI=1S/C28H28F3N3O3/c1-17-12-24(25(37-3)13-18(17)2)26(35)33-23-6-4-19(5-7-23)20-8-10-34(11-9-20)27(36)21-14-22(16-32-15-21)28(29,30)31/h4-7,12-16,20H,8-11H2,1-3H3,(H,33,35). The monoisotopic (exact) mass is 511 g/mol. The molecule has 1 fully saturated rings. The molecule has 3 aromatic rings. The molecule has 1 aliphatic heterocycles. The molecule has 2 amide bonds. The van der Waals surface area contributed by atoms with Crippen molar-refractivity contribution in [3.05, 3.63) is 88.2 Å². The number of carbonyl (C=O) groups is 2. The van der Waals surface area contributed by atoms with Crippen LogP contribution in [0.3, 0.4) is 0 Å². The van der Waals surface area contributed by atoms with Crippen molar-refractivity contribution in [2.45, 2.75) is 38.8 Å². The Balaban J connectivity index is 1.37. The fourth-order valence-electron chi connectivity index (χ4n) is 4.48. The molecule has 2 aromatic carbocycles. The molecule has 9 heteroatoms. The molecular formula is C28H28F3N3O3. The quantitative estimate of drug-likeness (QED) is 0.456. The minimum absolute atomic E-state index is 0.0613. The maximum atomic E-state index is 13.0. The Bertz CT molecular complexity index is 1300. The largest absolute Gasteiger partial charge is 0.496 e. The second-order valence-corrected chi connectivity index (χ2v) is 9.24. The number of benzene rings is 2. The summed E-state index contributed by atoms with van der Waals surface area (Å²) in [6.07, 6.45) is -1.29. The number of aryl methyl sites for hydroxylation is 2. The number of aromatic nitrogens is 1. The molecule has 0 unspecified atom stereocenters. The highest BCUT2D eigenvalue weighted by Gasteiger charge is 2.32. The predicted molar refractivity (Wildman–Crippen MR) is 134 cm³/mol. The molecule has 0 spiro atoms. The van der Waals surface area contributed by atoms with Gasteiger partial charge in [-0.3, -0.25) is 14.6 Å². The van der Waals surface area contributed by atoms with E-state index in [4.69, 9.17) is 4.74 Å². The number of anilines is 1. The van der Waals surface area contributed by atoms with Gasteiger partial charge >= 0.3 is 6.18 Å². The van der Waals surface area contributed by atoms with Crippen LogP contribution in [0.1, 0.15) is 61.7 Å². The summed E-state index contributed by atoms with van der Waals surface area (Å²) in [5.74, 6) is 0.00760. The zero-order valence-electron chi connectivity index (χ0n) is 20.9. The van der Waals surface area contributed by atoms with Crippen molar-refractivity contribution in [1.29, 1.82) is 0 Å². The number of pyridine rings is 1. The Kier molecular flexibility index (Phi) is 7.52. The molecule has 194 valence electrons. The summed E-state index contributed by atoms with van der Waals surface area (Å²) in [5, 5.41) is 2.91. The average Bonchev–Trinajstić information content (AvgIpc) is 2.89. The zero-order chi connectivity index (χ0) is 26.7. The van der Waals surface area contributed by atoms with Crippen LogP contribution in [0.15, 0.2) is 54.9 Å². The number of carbonyl (C=O) groups excluding carboxylic acids is 2. The van der Waals surface area contributed by atoms with Crippen LogP contribution in [0.2, 0.25) is 0 Å². The lowest BCUT2D eigenvalue weighted by Crippen LogP contribution is -2.38. The van der Waals surface area contributed by atoms with Gasteiger partial charge in [-0.1, -0.05) is 12.1 Å². The van der Waals surface area contributed by atoms with Gasteiger partial charge in [0.15, 0.2) is 0 Å². The number of nitrogens with zero attached hydrogens (tertiary/aromatic N) is 2. The van der Waals surface area contributed by atoms with E-state index in [1.165, 1.54) is 13.3 Å². The molecule has 1 N–H and O–H groups in total. The van der Waals surface area contributed by atoms with Gasteiger partial charge in [-0.05, 0) is 79.6 Å². The number of hydrogen-bond acceptors (Lipinski definition) is 4. The van der Waals surface area contributed by atoms with Crippen LogP contribution >= 0.6 is 0 Å². The van der Waals surface area contributed by atoms with Crippen molar-refractivity contribution >= 4 is 17.5 Å². The number of alkyl halides is 3. The first-order valence-corrected chi connectivity index (χ1v) is 11.9. The van der Waals surface area contributed by atoms with E-state index in [0.29, 0.717) is 49.1 Å². The average molecular weight is 512 g/mol. The normalized spacial score (nSPS) is 14.4. The highest BCUT2D eigenvalue weighted by molar-refractivity contribution is 6.06. The summed E-state index contributed by atoms with van der Waals surface area (Å²) in [5.41, 5.74) is 3.23. The number of rotatable bonds is 5.